The van der Waals surface area contributed by atoms with Crippen molar-refractivity contribution in [2.24, 2.45) is 0 Å². The lowest BCUT2D eigenvalue weighted by Crippen LogP contribution is -1.99. The predicted octanol–water partition coefficient (Wildman–Crippen LogP) is 8.64. The summed E-state index contributed by atoms with van der Waals surface area (Å²) in [7, 11) is 0. The van der Waals surface area contributed by atoms with E-state index in [2.05, 4.69) is 29.6 Å². The topological polar surface area (TPSA) is 37.8 Å². The molecule has 0 saturated carbocycles. The molecule has 3 nitrogen and oxygen atoms in total. The van der Waals surface area contributed by atoms with Crippen LogP contribution >= 0.6 is 46.6 Å². The number of halogens is 3. The van der Waals surface area contributed by atoms with Gasteiger partial charge in [-0.2, -0.15) is 0 Å². The standard InChI is InChI=1S/C24H14Cl3N3S/c25-16-6-3-7-17(12-16)28-23-24(31-18-8-9-19(26)20(27)13-18)30-22-11-15-5-2-1-4-14(15)10-21(22)29-23/h1-13H,(H,28,29). The van der Waals surface area contributed by atoms with E-state index in [1.165, 1.54) is 11.8 Å². The zero-order valence-corrected chi connectivity index (χ0v) is 19.0. The number of nitrogens with zero attached hydrogens (tertiary/aromatic N) is 2. The Morgan fingerprint density at radius 3 is 2.13 bits per heavy atom. The predicted molar refractivity (Wildman–Crippen MR) is 132 cm³/mol. The van der Waals surface area contributed by atoms with E-state index in [0.717, 1.165) is 37.4 Å². The zero-order valence-electron chi connectivity index (χ0n) is 15.9. The van der Waals surface area contributed by atoms with Crippen LogP contribution in [0.3, 0.4) is 0 Å². The summed E-state index contributed by atoms with van der Waals surface area (Å²) in [4.78, 5) is 10.7. The van der Waals surface area contributed by atoms with Gasteiger partial charge in [0.1, 0.15) is 5.03 Å². The summed E-state index contributed by atoms with van der Waals surface area (Å²) in [6.45, 7) is 0. The minimum absolute atomic E-state index is 0.496. The first-order valence-electron chi connectivity index (χ1n) is 9.41. The first kappa shape index (κ1) is 20.4. The van der Waals surface area contributed by atoms with Gasteiger partial charge < -0.3 is 5.32 Å². The molecule has 0 saturated heterocycles. The average Bonchev–Trinajstić information content (AvgIpc) is 2.75. The summed E-state index contributed by atoms with van der Waals surface area (Å²) in [6.07, 6.45) is 0. The van der Waals surface area contributed by atoms with Crippen molar-refractivity contribution in [3.8, 4) is 0 Å². The minimum atomic E-state index is 0.496. The molecule has 0 aliphatic rings. The molecule has 0 amide bonds. The van der Waals surface area contributed by atoms with Crippen molar-refractivity contribution in [3.63, 3.8) is 0 Å². The third-order valence-electron chi connectivity index (χ3n) is 4.69. The Labute approximate surface area is 198 Å². The molecule has 0 aliphatic heterocycles. The number of benzene rings is 4. The van der Waals surface area contributed by atoms with Crippen LogP contribution < -0.4 is 5.32 Å². The van der Waals surface area contributed by atoms with Gasteiger partial charge in [0, 0.05) is 15.6 Å². The highest BCUT2D eigenvalue weighted by Crippen LogP contribution is 2.37. The van der Waals surface area contributed by atoms with Crippen molar-refractivity contribution in [3.05, 3.63) is 93.9 Å². The summed E-state index contributed by atoms with van der Waals surface area (Å²) < 4.78 is 0. The molecule has 1 heterocycles. The molecule has 0 atom stereocenters. The molecule has 1 N–H and O–H groups in total. The maximum atomic E-state index is 6.22. The van der Waals surface area contributed by atoms with Crippen LogP contribution in [0, 0.1) is 0 Å². The van der Waals surface area contributed by atoms with Crippen LogP contribution in [0.5, 0.6) is 0 Å². The van der Waals surface area contributed by atoms with Crippen molar-refractivity contribution < 1.29 is 0 Å². The van der Waals surface area contributed by atoms with E-state index in [0.29, 0.717) is 20.9 Å². The molecule has 5 aromatic rings. The fraction of sp³-hybridized carbons (Fsp3) is 0. The monoisotopic (exact) mass is 481 g/mol. The van der Waals surface area contributed by atoms with Gasteiger partial charge in [-0.05, 0) is 59.3 Å². The zero-order chi connectivity index (χ0) is 21.4. The van der Waals surface area contributed by atoms with Crippen LogP contribution in [0.1, 0.15) is 0 Å². The number of hydrogen-bond donors (Lipinski definition) is 1. The second-order valence-corrected chi connectivity index (χ2v) is 9.19. The lowest BCUT2D eigenvalue weighted by atomic mass is 10.1. The van der Waals surface area contributed by atoms with Crippen molar-refractivity contribution in [2.75, 3.05) is 5.32 Å². The number of nitrogens with one attached hydrogen (secondary N) is 1. The molecule has 0 fully saturated rings. The second-order valence-electron chi connectivity index (χ2n) is 6.88. The number of anilines is 2. The normalized spacial score (nSPS) is 11.2. The largest absolute Gasteiger partial charge is 0.338 e. The van der Waals surface area contributed by atoms with Crippen LogP contribution in [0.4, 0.5) is 11.5 Å². The van der Waals surface area contributed by atoms with Crippen molar-refractivity contribution in [1.82, 2.24) is 9.97 Å². The molecular formula is C24H14Cl3N3S. The lowest BCUT2D eigenvalue weighted by molar-refractivity contribution is 1.12. The van der Waals surface area contributed by atoms with Gasteiger partial charge >= 0.3 is 0 Å². The van der Waals surface area contributed by atoms with E-state index in [9.17, 15) is 0 Å². The van der Waals surface area contributed by atoms with Crippen LogP contribution in [0.25, 0.3) is 21.8 Å². The molecule has 152 valence electrons. The van der Waals surface area contributed by atoms with Gasteiger partial charge in [-0.3, -0.25) is 0 Å². The van der Waals surface area contributed by atoms with Crippen molar-refractivity contribution in [1.29, 1.82) is 0 Å². The van der Waals surface area contributed by atoms with Gasteiger partial charge in [0.2, 0.25) is 0 Å². The Morgan fingerprint density at radius 2 is 1.42 bits per heavy atom. The van der Waals surface area contributed by atoms with E-state index in [1.54, 1.807) is 6.07 Å². The lowest BCUT2D eigenvalue weighted by Gasteiger charge is -2.13. The molecule has 1 aromatic heterocycles. The third-order valence-corrected chi connectivity index (χ3v) is 6.63. The molecule has 5 rings (SSSR count). The van der Waals surface area contributed by atoms with E-state index in [1.807, 2.05) is 48.5 Å². The van der Waals surface area contributed by atoms with Gasteiger partial charge in [-0.1, -0.05) is 76.9 Å². The Morgan fingerprint density at radius 1 is 0.677 bits per heavy atom. The summed E-state index contributed by atoms with van der Waals surface area (Å²) >= 11 is 19.9. The first-order valence-corrected chi connectivity index (χ1v) is 11.4. The molecular weight excluding hydrogens is 469 g/mol. The SMILES string of the molecule is Clc1cccc(Nc2nc3cc4ccccc4cc3nc2Sc2ccc(Cl)c(Cl)c2)c1. The Hall–Kier alpha value is -2.50. The summed E-state index contributed by atoms with van der Waals surface area (Å²) in [5.74, 6) is 0.640. The Kier molecular flexibility index (Phi) is 5.63. The minimum Gasteiger partial charge on any atom is -0.338 e. The number of aromatic nitrogens is 2. The first-order chi connectivity index (χ1) is 15.0. The highest BCUT2D eigenvalue weighted by Gasteiger charge is 2.13. The van der Waals surface area contributed by atoms with E-state index >= 15 is 0 Å². The van der Waals surface area contributed by atoms with Gasteiger partial charge in [-0.15, -0.1) is 0 Å². The molecule has 0 bridgehead atoms. The van der Waals surface area contributed by atoms with Gasteiger partial charge in [-0.25, -0.2) is 9.97 Å². The Bertz CT molecular complexity index is 1440. The van der Waals surface area contributed by atoms with Crippen LogP contribution in [0.15, 0.2) is 88.8 Å². The van der Waals surface area contributed by atoms with Crippen molar-refractivity contribution in [2.45, 2.75) is 9.92 Å². The maximum absolute atomic E-state index is 6.22. The molecule has 0 radical (unpaired) electrons. The Balaban J connectivity index is 1.65. The molecule has 0 aliphatic carbocycles. The third kappa shape index (κ3) is 4.43. The maximum Gasteiger partial charge on any atom is 0.164 e. The van der Waals surface area contributed by atoms with Crippen molar-refractivity contribution >= 4 is 79.9 Å². The van der Waals surface area contributed by atoms with Crippen LogP contribution in [-0.2, 0) is 0 Å². The summed E-state index contributed by atoms with van der Waals surface area (Å²) in [5, 5.41) is 7.97. The van der Waals surface area contributed by atoms with E-state index in [4.69, 9.17) is 44.8 Å². The fourth-order valence-electron chi connectivity index (χ4n) is 3.23. The average molecular weight is 483 g/mol. The van der Waals surface area contributed by atoms with E-state index < -0.39 is 0 Å². The highest BCUT2D eigenvalue weighted by atomic mass is 35.5. The quantitative estimate of drug-likeness (QED) is 0.260. The molecule has 0 spiro atoms. The highest BCUT2D eigenvalue weighted by molar-refractivity contribution is 7.99. The summed E-state index contributed by atoms with van der Waals surface area (Å²) in [6, 6.07) is 25.3. The van der Waals surface area contributed by atoms with Gasteiger partial charge in [0.15, 0.2) is 5.82 Å². The molecule has 31 heavy (non-hydrogen) atoms. The van der Waals surface area contributed by atoms with Crippen LogP contribution in [0.2, 0.25) is 15.1 Å². The number of rotatable bonds is 4. The number of hydrogen-bond acceptors (Lipinski definition) is 4. The number of fused-ring (bicyclic) bond motifs is 2. The summed E-state index contributed by atoms with van der Waals surface area (Å²) in [5.41, 5.74) is 2.46. The second kappa shape index (κ2) is 8.56. The van der Waals surface area contributed by atoms with Crippen LogP contribution in [-0.4, -0.2) is 9.97 Å². The fourth-order valence-corrected chi connectivity index (χ4v) is 4.66. The molecule has 4 aromatic carbocycles. The van der Waals surface area contributed by atoms with Gasteiger partial charge in [0.05, 0.1) is 21.1 Å². The smallest absolute Gasteiger partial charge is 0.164 e. The van der Waals surface area contributed by atoms with E-state index in [-0.39, 0.29) is 0 Å². The molecule has 7 heteroatoms. The van der Waals surface area contributed by atoms with Gasteiger partial charge in [0.25, 0.3) is 0 Å². The molecule has 0 unspecified atom stereocenters.